The van der Waals surface area contributed by atoms with E-state index in [1.54, 1.807) is 12.1 Å². The molecule has 0 saturated carbocycles. The zero-order chi connectivity index (χ0) is 17.6. The van der Waals surface area contributed by atoms with Crippen LogP contribution in [0.1, 0.15) is 31.7 Å². The Morgan fingerprint density at radius 3 is 3.00 bits per heavy atom. The first-order valence-corrected chi connectivity index (χ1v) is 9.49. The molecule has 0 spiro atoms. The number of amides is 1. The van der Waals surface area contributed by atoms with Gasteiger partial charge in [0.25, 0.3) is 0 Å². The number of rotatable bonds is 6. The molecule has 2 saturated heterocycles. The highest BCUT2D eigenvalue weighted by Crippen LogP contribution is 2.22. The Kier molecular flexibility index (Phi) is 6.43. The van der Waals surface area contributed by atoms with E-state index in [0.29, 0.717) is 12.5 Å². The predicted octanol–water partition coefficient (Wildman–Crippen LogP) is 2.92. The van der Waals surface area contributed by atoms with Gasteiger partial charge in [0.2, 0.25) is 5.91 Å². The molecule has 138 valence electrons. The van der Waals surface area contributed by atoms with Crippen molar-refractivity contribution >= 4 is 5.91 Å². The third-order valence-electron chi connectivity index (χ3n) is 5.35. The molecule has 2 atom stereocenters. The summed E-state index contributed by atoms with van der Waals surface area (Å²) in [5.41, 5.74) is 0.976. The lowest BCUT2D eigenvalue weighted by Gasteiger charge is -2.35. The lowest BCUT2D eigenvalue weighted by Crippen LogP contribution is -2.46. The van der Waals surface area contributed by atoms with E-state index in [1.165, 1.54) is 6.07 Å². The second-order valence-electron chi connectivity index (χ2n) is 7.31. The van der Waals surface area contributed by atoms with Gasteiger partial charge in [0.15, 0.2) is 0 Å². The van der Waals surface area contributed by atoms with Crippen LogP contribution in [0.4, 0.5) is 4.39 Å². The number of nitrogens with zero attached hydrogens (tertiary/aromatic N) is 2. The minimum atomic E-state index is -0.196. The number of halogens is 1. The van der Waals surface area contributed by atoms with Gasteiger partial charge in [0, 0.05) is 38.7 Å². The van der Waals surface area contributed by atoms with Crippen LogP contribution in [0.3, 0.4) is 0 Å². The molecule has 0 unspecified atom stereocenters. The third-order valence-corrected chi connectivity index (χ3v) is 5.35. The number of carbonyl (C=O) groups excluding carboxylic acids is 1. The van der Waals surface area contributed by atoms with E-state index in [1.807, 2.05) is 11.0 Å². The molecule has 3 rings (SSSR count). The molecule has 1 aromatic rings. The summed E-state index contributed by atoms with van der Waals surface area (Å²) in [7, 11) is 0. The molecule has 0 bridgehead atoms. The highest BCUT2D eigenvalue weighted by Gasteiger charge is 2.30. The maximum atomic E-state index is 13.4. The molecule has 0 aromatic heterocycles. The summed E-state index contributed by atoms with van der Waals surface area (Å²) in [5, 5.41) is 0. The first-order chi connectivity index (χ1) is 12.2. The number of benzene rings is 1. The molecule has 0 radical (unpaired) electrons. The van der Waals surface area contributed by atoms with Crippen LogP contribution in [0, 0.1) is 17.7 Å². The van der Waals surface area contributed by atoms with Crippen molar-refractivity contribution in [1.82, 2.24) is 9.80 Å². The molecule has 5 heteroatoms. The normalized spacial score (nSPS) is 24.4. The second kappa shape index (κ2) is 8.77. The van der Waals surface area contributed by atoms with Gasteiger partial charge in [-0.3, -0.25) is 9.69 Å². The molecule has 2 fully saturated rings. The Bertz CT molecular complexity index is 575. The van der Waals surface area contributed by atoms with Crippen molar-refractivity contribution in [2.24, 2.45) is 11.8 Å². The Morgan fingerprint density at radius 2 is 2.28 bits per heavy atom. The summed E-state index contributed by atoms with van der Waals surface area (Å²) in [6, 6.07) is 6.76. The topological polar surface area (TPSA) is 32.8 Å². The van der Waals surface area contributed by atoms with E-state index in [4.69, 9.17) is 4.74 Å². The lowest BCUT2D eigenvalue weighted by molar-refractivity contribution is -0.137. The minimum Gasteiger partial charge on any atom is -0.381 e. The summed E-state index contributed by atoms with van der Waals surface area (Å²) >= 11 is 0. The fourth-order valence-corrected chi connectivity index (χ4v) is 3.97. The van der Waals surface area contributed by atoms with E-state index >= 15 is 0 Å². The smallest absolute Gasteiger partial charge is 0.226 e. The molecule has 0 aliphatic carbocycles. The molecule has 0 N–H and O–H groups in total. The van der Waals surface area contributed by atoms with Crippen LogP contribution in [0.5, 0.6) is 0 Å². The average molecular weight is 348 g/mol. The zero-order valence-corrected chi connectivity index (χ0v) is 15.1. The number of carbonyl (C=O) groups is 1. The lowest BCUT2D eigenvalue weighted by atomic mass is 9.95. The van der Waals surface area contributed by atoms with Crippen LogP contribution in [0.25, 0.3) is 0 Å². The summed E-state index contributed by atoms with van der Waals surface area (Å²) in [4.78, 5) is 17.3. The largest absolute Gasteiger partial charge is 0.381 e. The Balaban J connectivity index is 1.56. The van der Waals surface area contributed by atoms with Gasteiger partial charge >= 0.3 is 0 Å². The highest BCUT2D eigenvalue weighted by molar-refractivity contribution is 5.79. The third kappa shape index (κ3) is 5.02. The van der Waals surface area contributed by atoms with Crippen molar-refractivity contribution in [2.75, 3.05) is 39.4 Å². The van der Waals surface area contributed by atoms with E-state index in [2.05, 4.69) is 11.8 Å². The number of ether oxygens (including phenoxy) is 1. The molecular weight excluding hydrogens is 319 g/mol. The summed E-state index contributed by atoms with van der Waals surface area (Å²) < 4.78 is 18.8. The van der Waals surface area contributed by atoms with Crippen molar-refractivity contribution in [3.63, 3.8) is 0 Å². The van der Waals surface area contributed by atoms with E-state index in [0.717, 1.165) is 64.2 Å². The molecule has 1 amide bonds. The van der Waals surface area contributed by atoms with Gasteiger partial charge < -0.3 is 9.64 Å². The number of likely N-dealkylation sites (tertiary alicyclic amines) is 1. The quantitative estimate of drug-likeness (QED) is 0.792. The van der Waals surface area contributed by atoms with Crippen molar-refractivity contribution in [2.45, 2.75) is 32.7 Å². The molecule has 4 nitrogen and oxygen atoms in total. The fraction of sp³-hybridized carbons (Fsp3) is 0.650. The molecule has 2 heterocycles. The van der Waals surface area contributed by atoms with Crippen LogP contribution in [-0.4, -0.2) is 55.1 Å². The first kappa shape index (κ1) is 18.3. The monoisotopic (exact) mass is 348 g/mol. The van der Waals surface area contributed by atoms with Crippen LogP contribution in [0.15, 0.2) is 24.3 Å². The summed E-state index contributed by atoms with van der Waals surface area (Å²) in [6.45, 7) is 7.69. The maximum absolute atomic E-state index is 13.4. The zero-order valence-electron chi connectivity index (χ0n) is 15.1. The maximum Gasteiger partial charge on any atom is 0.226 e. The van der Waals surface area contributed by atoms with Crippen molar-refractivity contribution < 1.29 is 13.9 Å². The molecule has 1 aromatic carbocycles. The van der Waals surface area contributed by atoms with Crippen LogP contribution in [0.2, 0.25) is 0 Å². The van der Waals surface area contributed by atoms with Crippen molar-refractivity contribution in [3.05, 3.63) is 35.6 Å². The Morgan fingerprint density at radius 1 is 1.40 bits per heavy atom. The average Bonchev–Trinajstić information content (AvgIpc) is 3.12. The van der Waals surface area contributed by atoms with Gasteiger partial charge in [-0.05, 0) is 50.4 Å². The molecule has 2 aliphatic heterocycles. The van der Waals surface area contributed by atoms with E-state index in [9.17, 15) is 9.18 Å². The second-order valence-corrected chi connectivity index (χ2v) is 7.31. The van der Waals surface area contributed by atoms with Crippen LogP contribution >= 0.6 is 0 Å². The SMILES string of the molecule is CCN(C[C@H]1CCOC1)C(=O)[C@@H]1CCCN(Cc2cccc(F)c2)C1. The number of piperidine rings is 1. The van der Waals surface area contributed by atoms with Gasteiger partial charge in [-0.1, -0.05) is 12.1 Å². The van der Waals surface area contributed by atoms with Gasteiger partial charge in [0.05, 0.1) is 12.5 Å². The summed E-state index contributed by atoms with van der Waals surface area (Å²) in [6.07, 6.45) is 3.03. The molecule has 2 aliphatic rings. The number of hydrogen-bond donors (Lipinski definition) is 0. The number of hydrogen-bond acceptors (Lipinski definition) is 3. The molecular formula is C20H29FN2O2. The van der Waals surface area contributed by atoms with Crippen molar-refractivity contribution in [1.29, 1.82) is 0 Å². The van der Waals surface area contributed by atoms with E-state index < -0.39 is 0 Å². The fourth-order valence-electron chi connectivity index (χ4n) is 3.97. The van der Waals surface area contributed by atoms with Gasteiger partial charge in [-0.25, -0.2) is 4.39 Å². The van der Waals surface area contributed by atoms with Crippen LogP contribution < -0.4 is 0 Å². The standard InChI is InChI=1S/C20H29FN2O2/c1-2-23(13-17-8-10-25-15-17)20(24)18-6-4-9-22(14-18)12-16-5-3-7-19(21)11-16/h3,5,7,11,17-18H,2,4,6,8-10,12-15H2,1H3/t17-,18-/m1/s1. The van der Waals surface area contributed by atoms with Gasteiger partial charge in [-0.15, -0.1) is 0 Å². The summed E-state index contributed by atoms with van der Waals surface area (Å²) in [5.74, 6) is 0.622. The minimum absolute atomic E-state index is 0.0598. The molecule has 25 heavy (non-hydrogen) atoms. The van der Waals surface area contributed by atoms with E-state index in [-0.39, 0.29) is 17.6 Å². The predicted molar refractivity (Wildman–Crippen MR) is 95.6 cm³/mol. The highest BCUT2D eigenvalue weighted by atomic mass is 19.1. The van der Waals surface area contributed by atoms with Crippen LogP contribution in [-0.2, 0) is 16.1 Å². The Labute approximate surface area is 149 Å². The van der Waals surface area contributed by atoms with Gasteiger partial charge in [0.1, 0.15) is 5.82 Å². The van der Waals surface area contributed by atoms with Gasteiger partial charge in [-0.2, -0.15) is 0 Å². The first-order valence-electron chi connectivity index (χ1n) is 9.49. The van der Waals surface area contributed by atoms with Crippen molar-refractivity contribution in [3.8, 4) is 0 Å². The Hall–Kier alpha value is -1.46.